The Morgan fingerprint density at radius 2 is 2.45 bits per heavy atom. The molecule has 3 heteroatoms. The van der Waals surface area contributed by atoms with Gasteiger partial charge in [-0.05, 0) is 6.07 Å². The average Bonchev–Trinajstić information content (AvgIpc) is 2.01. The van der Waals surface area contributed by atoms with Gasteiger partial charge in [-0.1, -0.05) is 18.7 Å². The Balaban J connectivity index is 2.71. The highest BCUT2D eigenvalue weighted by molar-refractivity contribution is 5.09. The number of nitrogens with one attached hydrogen (secondary N) is 1. The summed E-state index contributed by atoms with van der Waals surface area (Å²) in [5.41, 5.74) is -0.161. The van der Waals surface area contributed by atoms with Crippen LogP contribution < -0.4 is 10.3 Å². The van der Waals surface area contributed by atoms with Crippen molar-refractivity contribution in [3.05, 3.63) is 41.2 Å². The fourth-order valence-corrected chi connectivity index (χ4v) is 0.661. The maximum Gasteiger partial charge on any atom is 0.250 e. The van der Waals surface area contributed by atoms with E-state index in [2.05, 4.69) is 11.6 Å². The molecule has 11 heavy (non-hydrogen) atoms. The van der Waals surface area contributed by atoms with Crippen molar-refractivity contribution < 1.29 is 4.74 Å². The zero-order chi connectivity index (χ0) is 8.10. The molecule has 0 fully saturated rings. The fourth-order valence-electron chi connectivity index (χ4n) is 0.661. The van der Waals surface area contributed by atoms with E-state index in [0.717, 1.165) is 0 Å². The molecule has 1 aromatic rings. The van der Waals surface area contributed by atoms with Crippen LogP contribution in [-0.4, -0.2) is 11.6 Å². The van der Waals surface area contributed by atoms with Crippen LogP contribution in [0.3, 0.4) is 0 Å². The van der Waals surface area contributed by atoms with E-state index in [1.54, 1.807) is 18.2 Å². The minimum Gasteiger partial charge on any atom is -0.475 e. The molecule has 1 heterocycles. The first-order chi connectivity index (χ1) is 5.33. The van der Waals surface area contributed by atoms with Gasteiger partial charge in [-0.3, -0.25) is 9.78 Å². The Morgan fingerprint density at radius 3 is 3.09 bits per heavy atom. The summed E-state index contributed by atoms with van der Waals surface area (Å²) < 4.78 is 5.06. The van der Waals surface area contributed by atoms with Crippen LogP contribution in [0.2, 0.25) is 0 Å². The summed E-state index contributed by atoms with van der Waals surface area (Å²) in [7, 11) is 0. The van der Waals surface area contributed by atoms with Crippen molar-refractivity contribution in [2.75, 3.05) is 6.61 Å². The number of aromatic amines is 1. The summed E-state index contributed by atoms with van der Waals surface area (Å²) in [5, 5.41) is 0. The largest absolute Gasteiger partial charge is 0.475 e. The molecule has 0 atom stereocenters. The minimum atomic E-state index is -0.161. The third-order valence-electron chi connectivity index (χ3n) is 1.10. The molecule has 1 N–H and O–H groups in total. The molecule has 1 rings (SSSR count). The summed E-state index contributed by atoms with van der Waals surface area (Å²) in [4.78, 5) is 13.2. The van der Waals surface area contributed by atoms with Crippen LogP contribution in [0.4, 0.5) is 0 Å². The second-order valence-corrected chi connectivity index (χ2v) is 1.98. The third-order valence-corrected chi connectivity index (χ3v) is 1.10. The molecule has 0 radical (unpaired) electrons. The molecule has 0 aliphatic heterocycles. The maximum atomic E-state index is 10.7. The van der Waals surface area contributed by atoms with Gasteiger partial charge in [0.2, 0.25) is 0 Å². The van der Waals surface area contributed by atoms with Gasteiger partial charge in [0.25, 0.3) is 5.56 Å². The molecule has 0 spiro atoms. The van der Waals surface area contributed by atoms with Gasteiger partial charge >= 0.3 is 0 Å². The minimum absolute atomic E-state index is 0.161. The van der Waals surface area contributed by atoms with E-state index >= 15 is 0 Å². The Bertz CT molecular complexity index is 290. The van der Waals surface area contributed by atoms with Crippen molar-refractivity contribution in [2.24, 2.45) is 0 Å². The second kappa shape index (κ2) is 3.61. The van der Waals surface area contributed by atoms with Crippen LogP contribution in [-0.2, 0) is 0 Å². The van der Waals surface area contributed by atoms with Gasteiger partial charge in [0.05, 0.1) is 0 Å². The van der Waals surface area contributed by atoms with Crippen LogP contribution in [0.1, 0.15) is 0 Å². The number of H-pyrrole nitrogens is 1. The van der Waals surface area contributed by atoms with Gasteiger partial charge in [-0.15, -0.1) is 0 Å². The highest BCUT2D eigenvalue weighted by Gasteiger charge is 1.89. The van der Waals surface area contributed by atoms with Crippen LogP contribution in [0.15, 0.2) is 35.6 Å². The van der Waals surface area contributed by atoms with E-state index < -0.39 is 0 Å². The summed E-state index contributed by atoms with van der Waals surface area (Å²) in [6.45, 7) is 3.88. The van der Waals surface area contributed by atoms with Crippen molar-refractivity contribution in [2.45, 2.75) is 0 Å². The summed E-state index contributed by atoms with van der Waals surface area (Å²) in [5.74, 6) is 0.470. The normalized spacial score (nSPS) is 9.09. The molecule has 0 saturated carbocycles. The lowest BCUT2D eigenvalue weighted by Gasteiger charge is -1.99. The molecule has 3 nitrogen and oxygen atoms in total. The van der Waals surface area contributed by atoms with Crippen LogP contribution >= 0.6 is 0 Å². The van der Waals surface area contributed by atoms with Gasteiger partial charge in [0.15, 0.2) is 5.88 Å². The van der Waals surface area contributed by atoms with Gasteiger partial charge < -0.3 is 4.74 Å². The number of pyridine rings is 1. The predicted molar refractivity (Wildman–Crippen MR) is 42.8 cm³/mol. The first-order valence-electron chi connectivity index (χ1n) is 3.26. The highest BCUT2D eigenvalue weighted by atomic mass is 16.5. The number of ether oxygens (including phenoxy) is 1. The predicted octanol–water partition coefficient (Wildman–Crippen LogP) is 0.940. The monoisotopic (exact) mass is 151 g/mol. The molecule has 0 unspecified atom stereocenters. The van der Waals surface area contributed by atoms with Gasteiger partial charge in [-0.25, -0.2) is 0 Å². The topological polar surface area (TPSA) is 42.1 Å². The number of rotatable bonds is 3. The molecule has 1 aromatic heterocycles. The summed E-state index contributed by atoms with van der Waals surface area (Å²) in [6.07, 6.45) is 1.62. The van der Waals surface area contributed by atoms with E-state index in [-0.39, 0.29) is 5.56 Å². The fraction of sp³-hybridized carbons (Fsp3) is 0.125. The molecular weight excluding hydrogens is 142 g/mol. The van der Waals surface area contributed by atoms with E-state index in [1.165, 1.54) is 6.07 Å². The molecule has 0 saturated heterocycles. The number of hydrogen-bond acceptors (Lipinski definition) is 2. The molecule has 0 aliphatic carbocycles. The molecule has 0 aromatic carbocycles. The smallest absolute Gasteiger partial charge is 0.250 e. The first kappa shape index (κ1) is 7.60. The van der Waals surface area contributed by atoms with Crippen molar-refractivity contribution in [1.82, 2.24) is 4.98 Å². The van der Waals surface area contributed by atoms with Gasteiger partial charge in [0.1, 0.15) is 6.61 Å². The van der Waals surface area contributed by atoms with Crippen molar-refractivity contribution in [3.63, 3.8) is 0 Å². The lowest BCUT2D eigenvalue weighted by atomic mass is 10.5. The Morgan fingerprint density at radius 1 is 1.64 bits per heavy atom. The average molecular weight is 151 g/mol. The number of aromatic nitrogens is 1. The van der Waals surface area contributed by atoms with Gasteiger partial charge in [0, 0.05) is 6.07 Å². The van der Waals surface area contributed by atoms with Crippen molar-refractivity contribution in [3.8, 4) is 5.88 Å². The maximum absolute atomic E-state index is 10.7. The zero-order valence-electron chi connectivity index (χ0n) is 6.04. The van der Waals surface area contributed by atoms with Crippen molar-refractivity contribution >= 4 is 0 Å². The molecular formula is C8H9NO2. The highest BCUT2D eigenvalue weighted by Crippen LogP contribution is 1.99. The van der Waals surface area contributed by atoms with Crippen molar-refractivity contribution in [1.29, 1.82) is 0 Å². The zero-order valence-corrected chi connectivity index (χ0v) is 6.04. The van der Waals surface area contributed by atoms with E-state index in [4.69, 9.17) is 4.74 Å². The molecule has 0 amide bonds. The van der Waals surface area contributed by atoms with E-state index in [0.29, 0.717) is 12.5 Å². The summed E-state index contributed by atoms with van der Waals surface area (Å²) in [6, 6.07) is 4.75. The van der Waals surface area contributed by atoms with Crippen LogP contribution in [0, 0.1) is 0 Å². The van der Waals surface area contributed by atoms with Crippen LogP contribution in [0.25, 0.3) is 0 Å². The SMILES string of the molecule is C=CCOc1cccc(=O)[nH]1. The van der Waals surface area contributed by atoms with Crippen LogP contribution in [0.5, 0.6) is 5.88 Å². The lowest BCUT2D eigenvalue weighted by Crippen LogP contribution is -2.05. The van der Waals surface area contributed by atoms with Gasteiger partial charge in [-0.2, -0.15) is 0 Å². The molecule has 0 bridgehead atoms. The quantitative estimate of drug-likeness (QED) is 0.653. The molecule has 58 valence electrons. The Hall–Kier alpha value is -1.51. The van der Waals surface area contributed by atoms with E-state index in [9.17, 15) is 4.79 Å². The summed E-state index contributed by atoms with van der Waals surface area (Å²) >= 11 is 0. The third kappa shape index (κ3) is 2.29. The first-order valence-corrected chi connectivity index (χ1v) is 3.26. The molecule has 0 aliphatic rings. The Labute approximate surface area is 64.3 Å². The van der Waals surface area contributed by atoms with E-state index in [1.807, 2.05) is 0 Å². The number of hydrogen-bond donors (Lipinski definition) is 1. The Kier molecular flexibility index (Phi) is 2.49. The lowest BCUT2D eigenvalue weighted by molar-refractivity contribution is 0.348. The standard InChI is InChI=1S/C8H9NO2/c1-2-6-11-8-5-3-4-7(10)9-8/h2-5H,1,6H2,(H,9,10). The second-order valence-electron chi connectivity index (χ2n) is 1.98.